The van der Waals surface area contributed by atoms with Crippen molar-refractivity contribution in [3.63, 3.8) is 0 Å². The van der Waals surface area contributed by atoms with Crippen LogP contribution in [-0.2, 0) is 0 Å². The number of hydrogen-bond acceptors (Lipinski definition) is 4. The molecule has 1 aliphatic heterocycles. The quantitative estimate of drug-likeness (QED) is 0.295. The predicted octanol–water partition coefficient (Wildman–Crippen LogP) is 4.31. The van der Waals surface area contributed by atoms with Gasteiger partial charge in [-0.05, 0) is 37.1 Å². The lowest BCUT2D eigenvalue weighted by atomic mass is 10.1. The van der Waals surface area contributed by atoms with Crippen molar-refractivity contribution in [2.45, 2.75) is 25.7 Å². The first kappa shape index (κ1) is 19.3. The third-order valence-corrected chi connectivity index (χ3v) is 5.30. The van der Waals surface area contributed by atoms with Gasteiger partial charge in [0.25, 0.3) is 11.8 Å². The predicted molar refractivity (Wildman–Crippen MR) is 111 cm³/mol. The van der Waals surface area contributed by atoms with Crippen LogP contribution in [0.1, 0.15) is 52.0 Å². The Morgan fingerprint density at radius 2 is 1.59 bits per heavy atom. The minimum atomic E-state index is -0.175. The van der Waals surface area contributed by atoms with E-state index in [-0.39, 0.29) is 11.8 Å². The maximum atomic E-state index is 12.3. The van der Waals surface area contributed by atoms with Crippen LogP contribution >= 0.6 is 15.9 Å². The van der Waals surface area contributed by atoms with Crippen molar-refractivity contribution >= 4 is 39.6 Å². The molecular formula is C21H22BrN3O2. The van der Waals surface area contributed by atoms with Gasteiger partial charge in [0.05, 0.1) is 11.1 Å². The second-order valence-corrected chi connectivity index (χ2v) is 7.35. The van der Waals surface area contributed by atoms with Crippen molar-refractivity contribution in [1.82, 2.24) is 4.90 Å². The number of aliphatic imine (C=N–C) groups is 1. The third kappa shape index (κ3) is 4.45. The molecule has 0 spiro atoms. The van der Waals surface area contributed by atoms with E-state index >= 15 is 0 Å². The van der Waals surface area contributed by atoms with Gasteiger partial charge in [-0.25, -0.2) is 0 Å². The fourth-order valence-corrected chi connectivity index (χ4v) is 3.60. The third-order valence-electron chi connectivity index (χ3n) is 4.60. The summed E-state index contributed by atoms with van der Waals surface area (Å²) in [4.78, 5) is 30.3. The van der Waals surface area contributed by atoms with Crippen LogP contribution in [0.4, 0.5) is 5.69 Å². The Morgan fingerprint density at radius 3 is 2.26 bits per heavy atom. The monoisotopic (exact) mass is 427 g/mol. The van der Waals surface area contributed by atoms with Gasteiger partial charge >= 0.3 is 0 Å². The van der Waals surface area contributed by atoms with E-state index in [1.54, 1.807) is 30.5 Å². The minimum Gasteiger partial charge on any atom is -0.398 e. The molecule has 2 aromatic rings. The zero-order chi connectivity index (χ0) is 19.2. The van der Waals surface area contributed by atoms with E-state index in [2.05, 4.69) is 20.9 Å². The summed E-state index contributed by atoms with van der Waals surface area (Å²) in [5, 5.41) is 0. The highest BCUT2D eigenvalue weighted by Gasteiger charge is 2.34. The molecule has 27 heavy (non-hydrogen) atoms. The summed E-state index contributed by atoms with van der Waals surface area (Å²) in [6.45, 7) is 1.21. The molecule has 5 nitrogen and oxygen atoms in total. The van der Waals surface area contributed by atoms with E-state index in [0.717, 1.165) is 42.3 Å². The number of nitrogens with zero attached hydrogens (tertiary/aromatic N) is 2. The van der Waals surface area contributed by atoms with Crippen molar-refractivity contribution in [1.29, 1.82) is 0 Å². The van der Waals surface area contributed by atoms with Crippen molar-refractivity contribution in [2.75, 3.05) is 18.8 Å². The first-order chi connectivity index (χ1) is 13.1. The van der Waals surface area contributed by atoms with Gasteiger partial charge < -0.3 is 5.73 Å². The number of anilines is 1. The molecular weight excluding hydrogens is 406 g/mol. The molecule has 140 valence electrons. The van der Waals surface area contributed by atoms with E-state index in [9.17, 15) is 9.59 Å². The Hall–Kier alpha value is -2.47. The number of rotatable bonds is 8. The Bertz CT molecular complexity index is 824. The summed E-state index contributed by atoms with van der Waals surface area (Å²) in [7, 11) is 0. The first-order valence-electron chi connectivity index (χ1n) is 9.08. The van der Waals surface area contributed by atoms with Gasteiger partial charge in [0.1, 0.15) is 0 Å². The maximum Gasteiger partial charge on any atom is 0.261 e. The highest BCUT2D eigenvalue weighted by atomic mass is 79.9. The van der Waals surface area contributed by atoms with E-state index in [1.807, 2.05) is 18.2 Å². The topological polar surface area (TPSA) is 75.8 Å². The summed E-state index contributed by atoms with van der Waals surface area (Å²) in [6, 6.07) is 12.7. The second-order valence-electron chi connectivity index (χ2n) is 6.50. The molecule has 0 aliphatic carbocycles. The highest BCUT2D eigenvalue weighted by molar-refractivity contribution is 9.10. The lowest BCUT2D eigenvalue weighted by Crippen LogP contribution is -2.30. The van der Waals surface area contributed by atoms with Crippen LogP contribution < -0.4 is 5.73 Å². The van der Waals surface area contributed by atoms with Gasteiger partial charge in [-0.3, -0.25) is 19.5 Å². The second kappa shape index (κ2) is 8.95. The summed E-state index contributed by atoms with van der Waals surface area (Å²) in [5.74, 6) is -0.350. The van der Waals surface area contributed by atoms with Gasteiger partial charge in [-0.1, -0.05) is 47.0 Å². The Labute approximate surface area is 167 Å². The lowest BCUT2D eigenvalue weighted by molar-refractivity contribution is 0.0651. The molecule has 0 saturated carbocycles. The molecule has 1 aliphatic rings. The molecule has 0 fully saturated rings. The lowest BCUT2D eigenvalue weighted by Gasteiger charge is -2.13. The number of benzene rings is 2. The molecule has 0 bridgehead atoms. The summed E-state index contributed by atoms with van der Waals surface area (Å²) in [6.07, 6.45) is 5.54. The number of nitrogens with two attached hydrogens (primary N) is 1. The van der Waals surface area contributed by atoms with Crippen LogP contribution in [0.2, 0.25) is 0 Å². The molecule has 2 amide bonds. The largest absolute Gasteiger partial charge is 0.398 e. The highest BCUT2D eigenvalue weighted by Crippen LogP contribution is 2.23. The first-order valence-corrected chi connectivity index (χ1v) is 9.88. The fraction of sp³-hybridized carbons (Fsp3) is 0.286. The van der Waals surface area contributed by atoms with Crippen LogP contribution in [0.25, 0.3) is 0 Å². The van der Waals surface area contributed by atoms with E-state index < -0.39 is 0 Å². The van der Waals surface area contributed by atoms with Crippen molar-refractivity contribution in [3.05, 3.63) is 63.6 Å². The van der Waals surface area contributed by atoms with Crippen LogP contribution in [0.3, 0.4) is 0 Å². The average Bonchev–Trinajstić information content (AvgIpc) is 2.91. The maximum absolute atomic E-state index is 12.3. The number of nitrogen functional groups attached to an aromatic ring is 1. The van der Waals surface area contributed by atoms with Gasteiger partial charge in [0, 0.05) is 35.0 Å². The van der Waals surface area contributed by atoms with Gasteiger partial charge in [0.2, 0.25) is 0 Å². The molecule has 0 aromatic heterocycles. The van der Waals surface area contributed by atoms with Crippen molar-refractivity contribution < 1.29 is 9.59 Å². The number of unbranched alkanes of at least 4 members (excludes halogenated alkanes) is 3. The Balaban J connectivity index is 1.37. The standard InChI is InChI=1S/C21H22BrN3O2/c22-18-10-7-11-19(23)17(18)14-24-12-5-1-2-6-13-25-20(26)15-8-3-4-9-16(15)21(25)27/h3-4,7-11,14H,1-2,5-6,12-13,23H2. The number of fused-ring (bicyclic) bond motifs is 1. The van der Waals surface area contributed by atoms with Gasteiger partial charge in [-0.2, -0.15) is 0 Å². The number of hydrogen-bond donors (Lipinski definition) is 1. The number of carbonyl (C=O) groups is 2. The smallest absolute Gasteiger partial charge is 0.261 e. The molecule has 1 heterocycles. The average molecular weight is 428 g/mol. The number of halogens is 1. The molecule has 2 N–H and O–H groups in total. The van der Waals surface area contributed by atoms with E-state index in [4.69, 9.17) is 5.73 Å². The van der Waals surface area contributed by atoms with Crippen molar-refractivity contribution in [2.24, 2.45) is 4.99 Å². The minimum absolute atomic E-state index is 0.175. The Morgan fingerprint density at radius 1 is 0.926 bits per heavy atom. The molecule has 0 atom stereocenters. The molecule has 0 saturated heterocycles. The fourth-order valence-electron chi connectivity index (χ4n) is 3.11. The molecule has 0 radical (unpaired) electrons. The van der Waals surface area contributed by atoms with E-state index in [0.29, 0.717) is 23.4 Å². The zero-order valence-corrected chi connectivity index (χ0v) is 16.6. The van der Waals surface area contributed by atoms with E-state index in [1.165, 1.54) is 4.90 Å². The zero-order valence-electron chi connectivity index (χ0n) is 15.0. The van der Waals surface area contributed by atoms with Crippen LogP contribution in [0.5, 0.6) is 0 Å². The molecule has 2 aromatic carbocycles. The normalized spacial score (nSPS) is 13.6. The molecule has 3 rings (SSSR count). The SMILES string of the molecule is Nc1cccc(Br)c1C=NCCCCCCN1C(=O)c2ccccc2C1=O. The number of amides is 2. The summed E-state index contributed by atoms with van der Waals surface area (Å²) >= 11 is 3.47. The van der Waals surface area contributed by atoms with Gasteiger partial charge in [-0.15, -0.1) is 0 Å². The molecule has 6 heteroatoms. The van der Waals surface area contributed by atoms with Crippen molar-refractivity contribution in [3.8, 4) is 0 Å². The summed E-state index contributed by atoms with van der Waals surface area (Å²) < 4.78 is 0.937. The van der Waals surface area contributed by atoms with Crippen LogP contribution in [0, 0.1) is 0 Å². The summed E-state index contributed by atoms with van der Waals surface area (Å²) in [5.41, 5.74) is 8.58. The van der Waals surface area contributed by atoms with Crippen LogP contribution in [0.15, 0.2) is 51.9 Å². The van der Waals surface area contributed by atoms with Crippen LogP contribution in [-0.4, -0.2) is 36.0 Å². The Kier molecular flexibility index (Phi) is 6.40. The number of carbonyl (C=O) groups excluding carboxylic acids is 2. The molecule has 0 unspecified atom stereocenters. The number of imide groups is 1. The van der Waals surface area contributed by atoms with Gasteiger partial charge in [0.15, 0.2) is 0 Å².